The summed E-state index contributed by atoms with van der Waals surface area (Å²) in [6.45, 7) is 4.46. The van der Waals surface area contributed by atoms with Gasteiger partial charge in [0.25, 0.3) is 0 Å². The zero-order valence-corrected chi connectivity index (χ0v) is 47.7. The topological polar surface area (TPSA) is 111 Å². The van der Waals surface area contributed by atoms with Crippen LogP contribution in [0.15, 0.2) is 12.7 Å². The van der Waals surface area contributed by atoms with Crippen LogP contribution >= 0.6 is 0 Å². The van der Waals surface area contributed by atoms with Gasteiger partial charge in [-0.1, -0.05) is 141 Å². The van der Waals surface area contributed by atoms with Gasteiger partial charge in [-0.25, -0.2) is 0 Å². The van der Waals surface area contributed by atoms with Gasteiger partial charge >= 0.3 is 70.4 Å². The zero-order chi connectivity index (χ0) is 43.7. The number of rotatable bonds is 9. The van der Waals surface area contributed by atoms with Crippen LogP contribution in [0.25, 0.3) is 0 Å². The molecule has 13 rings (SSSR count). The van der Waals surface area contributed by atoms with E-state index < -0.39 is 70.4 Å². The predicted octanol–water partition coefficient (Wildman–Crippen LogP) is 13.3. The molecule has 6 heterocycles. The van der Waals surface area contributed by atoms with Crippen molar-refractivity contribution in [2.24, 2.45) is 0 Å². The van der Waals surface area contributed by atoms with Crippen LogP contribution in [0.4, 0.5) is 0 Å². The van der Waals surface area contributed by atoms with E-state index in [2.05, 4.69) is 6.58 Å². The van der Waals surface area contributed by atoms with Crippen LogP contribution in [0.2, 0.25) is 44.8 Å². The Morgan fingerprint density at radius 1 is 0.246 bits per heavy atom. The van der Waals surface area contributed by atoms with E-state index in [0.717, 1.165) is 180 Å². The van der Waals surface area contributed by atoms with E-state index in [4.69, 9.17) is 49.4 Å². The maximum absolute atomic E-state index is 8.66. The Hall–Kier alpha value is 0.995. The molecule has 13 fully saturated rings. The van der Waals surface area contributed by atoms with Gasteiger partial charge in [-0.2, -0.15) is 0 Å². The van der Waals surface area contributed by atoms with Crippen molar-refractivity contribution in [1.82, 2.24) is 0 Å². The van der Waals surface area contributed by atoms with Crippen molar-refractivity contribution in [1.29, 1.82) is 0 Å². The maximum atomic E-state index is 8.66. The Bertz CT molecular complexity index is 1490. The summed E-state index contributed by atoms with van der Waals surface area (Å²) in [5.74, 6) is 0. The predicted molar refractivity (Wildman–Crippen MR) is 262 cm³/mol. The standard InChI is InChI=1S/C45H82O12Si8/c1-2-38-58-46-59(39-24-10-3-11-25-39)49-62(42-30-16-6-17-31-42)51-60(47-58,40-26-12-4-13-27-40)53-64(44-34-20-8-21-35-44)54-61(48-58,41-28-14-5-15-29-41)52-63(50-59,43-32-18-7-19-33-43)56-65(55-62,57-64)45-36-22-9-23-37-45/h2,39-45H,1,3-38H2. The van der Waals surface area contributed by atoms with Crippen LogP contribution in [-0.4, -0.2) is 70.4 Å². The average molecular weight is 1040 g/mol. The lowest BCUT2D eigenvalue weighted by Gasteiger charge is -2.68. The summed E-state index contributed by atoms with van der Waals surface area (Å²) in [5, 5.41) is 0. The summed E-state index contributed by atoms with van der Waals surface area (Å²) in [6.07, 6.45) is 39.8. The van der Waals surface area contributed by atoms with E-state index in [1.54, 1.807) is 0 Å². The van der Waals surface area contributed by atoms with Gasteiger partial charge in [-0.15, -0.1) is 6.58 Å². The molecule has 0 spiro atoms. The Morgan fingerprint density at radius 3 is 0.554 bits per heavy atom. The van der Waals surface area contributed by atoms with E-state index in [1.807, 2.05) is 6.08 Å². The first-order chi connectivity index (χ1) is 31.8. The van der Waals surface area contributed by atoms with Crippen molar-refractivity contribution in [3.05, 3.63) is 12.7 Å². The van der Waals surface area contributed by atoms with Crippen molar-refractivity contribution < 1.29 is 49.4 Å². The third kappa shape index (κ3) is 8.42. The molecule has 0 aromatic heterocycles. The number of hydrogen-bond donors (Lipinski definition) is 0. The average Bonchev–Trinajstić information content (AvgIpc) is 3.33. The molecule has 65 heavy (non-hydrogen) atoms. The van der Waals surface area contributed by atoms with Gasteiger partial charge in [0, 0.05) is 44.8 Å². The minimum absolute atomic E-state index is 0.0337. The van der Waals surface area contributed by atoms with Gasteiger partial charge in [0.1, 0.15) is 0 Å². The lowest BCUT2D eigenvalue weighted by Crippen LogP contribution is -2.91. The molecular formula is C45H82O12Si8. The minimum atomic E-state index is -3.99. The quantitative estimate of drug-likeness (QED) is 0.162. The fourth-order valence-electron chi connectivity index (χ4n) is 15.2. The molecule has 13 aliphatic rings. The molecule has 6 aliphatic heterocycles. The highest BCUT2D eigenvalue weighted by Crippen LogP contribution is 2.65. The van der Waals surface area contributed by atoms with Crippen molar-refractivity contribution in [3.8, 4) is 0 Å². The number of allylic oxidation sites excluding steroid dienone is 1. The second kappa shape index (κ2) is 18.8. The highest BCUT2D eigenvalue weighted by molar-refractivity contribution is 7.04. The first-order valence-corrected chi connectivity index (χ1v) is 42.4. The molecule has 0 amide bonds. The van der Waals surface area contributed by atoms with Crippen LogP contribution in [0, 0.1) is 0 Å². The normalized spacial score (nSPS) is 47.1. The monoisotopic (exact) mass is 1040 g/mol. The van der Waals surface area contributed by atoms with E-state index in [9.17, 15) is 0 Å². The SMILES string of the molecule is C=CC[Si]12O[Si]3(C4CCCCC4)O[Si]4(C5CCCCC5)O[Si](C5CCCCC5)(O1)O[Si]1(C5CCCCC5)O[Si](C5CCCCC5)(O2)O[Si](C2CCCCC2)(O3)O[Si](C2CCCCC2)(O4)O1. The highest BCUT2D eigenvalue weighted by atomic mass is 28.6. The van der Waals surface area contributed by atoms with Gasteiger partial charge in [-0.05, 0) is 89.9 Å². The van der Waals surface area contributed by atoms with Crippen molar-refractivity contribution in [3.63, 3.8) is 0 Å². The zero-order valence-electron chi connectivity index (χ0n) is 39.7. The van der Waals surface area contributed by atoms with Crippen molar-refractivity contribution in [2.45, 2.75) is 270 Å². The fourth-order valence-corrected chi connectivity index (χ4v) is 70.8. The number of hydrogen-bond acceptors (Lipinski definition) is 12. The second-order valence-electron chi connectivity index (χ2n) is 23.0. The van der Waals surface area contributed by atoms with Crippen LogP contribution in [-0.2, 0) is 49.4 Å². The summed E-state index contributed by atoms with van der Waals surface area (Å²) >= 11 is 0. The third-order valence-electron chi connectivity index (χ3n) is 18.6. The van der Waals surface area contributed by atoms with E-state index >= 15 is 0 Å². The van der Waals surface area contributed by atoms with Crippen LogP contribution in [0.5, 0.6) is 0 Å². The molecule has 8 bridgehead atoms. The van der Waals surface area contributed by atoms with E-state index in [0.29, 0.717) is 6.04 Å². The highest BCUT2D eigenvalue weighted by Gasteiger charge is 2.88. The maximum Gasteiger partial charge on any atom is 0.482 e. The molecule has 20 heteroatoms. The first-order valence-electron chi connectivity index (χ1n) is 27.8. The second-order valence-corrected chi connectivity index (χ2v) is 48.7. The third-order valence-corrected chi connectivity index (χ3v) is 58.0. The summed E-state index contributed by atoms with van der Waals surface area (Å²) in [5.41, 5.74) is 0.312. The molecule has 366 valence electrons. The Balaban J connectivity index is 1.19. The molecule has 7 saturated carbocycles. The van der Waals surface area contributed by atoms with Gasteiger partial charge in [0.2, 0.25) is 0 Å². The first kappa shape index (κ1) is 47.0. The summed E-state index contributed by atoms with van der Waals surface area (Å²) in [7, 11) is -31.8. The molecule has 0 aromatic rings. The summed E-state index contributed by atoms with van der Waals surface area (Å²) in [6, 6.07) is 0.404. The van der Waals surface area contributed by atoms with Crippen LogP contribution in [0.1, 0.15) is 225 Å². The summed E-state index contributed by atoms with van der Waals surface area (Å²) in [4.78, 5) is 0. The molecule has 0 radical (unpaired) electrons. The van der Waals surface area contributed by atoms with Crippen LogP contribution in [0.3, 0.4) is 0 Å². The van der Waals surface area contributed by atoms with Crippen molar-refractivity contribution >= 4 is 70.4 Å². The molecule has 0 unspecified atom stereocenters. The minimum Gasteiger partial charge on any atom is -0.373 e. The lowest BCUT2D eigenvalue weighted by molar-refractivity contribution is -0.0508. The Morgan fingerprint density at radius 2 is 0.400 bits per heavy atom. The van der Waals surface area contributed by atoms with Gasteiger partial charge < -0.3 is 49.4 Å². The lowest BCUT2D eigenvalue weighted by atomic mass is 10.0. The molecule has 6 saturated heterocycles. The molecule has 0 atom stereocenters. The molecule has 7 aliphatic carbocycles. The molecule has 0 aromatic carbocycles. The largest absolute Gasteiger partial charge is 0.482 e. The smallest absolute Gasteiger partial charge is 0.373 e. The summed E-state index contributed by atoms with van der Waals surface area (Å²) < 4.78 is 103. The Kier molecular flexibility index (Phi) is 13.6. The molecular weight excluding hydrogens is 957 g/mol. The van der Waals surface area contributed by atoms with Gasteiger partial charge in [0.15, 0.2) is 0 Å². The Labute approximate surface area is 399 Å². The molecule has 0 N–H and O–H groups in total. The molecule has 12 nitrogen and oxygen atoms in total. The fraction of sp³-hybridized carbons (Fsp3) is 0.956. The van der Waals surface area contributed by atoms with Crippen molar-refractivity contribution in [2.75, 3.05) is 0 Å². The van der Waals surface area contributed by atoms with Gasteiger partial charge in [0.05, 0.1) is 0 Å². The van der Waals surface area contributed by atoms with Crippen LogP contribution < -0.4 is 0 Å². The van der Waals surface area contributed by atoms with E-state index in [1.165, 1.54) is 44.9 Å². The van der Waals surface area contributed by atoms with E-state index in [-0.39, 0.29) is 38.8 Å². The van der Waals surface area contributed by atoms with Gasteiger partial charge in [-0.3, -0.25) is 0 Å².